The second-order valence-corrected chi connectivity index (χ2v) is 4.65. The van der Waals surface area contributed by atoms with Gasteiger partial charge in [0, 0.05) is 11.3 Å². The lowest BCUT2D eigenvalue weighted by molar-refractivity contribution is 0.102. The van der Waals surface area contributed by atoms with Crippen LogP contribution in [0.4, 0.5) is 10.1 Å². The van der Waals surface area contributed by atoms with E-state index < -0.39 is 11.7 Å². The number of anilines is 1. The zero-order valence-corrected chi connectivity index (χ0v) is 11.9. The number of halogens is 2. The third kappa shape index (κ3) is 3.32. The van der Waals surface area contributed by atoms with Crippen LogP contribution in [0.25, 0.3) is 0 Å². The number of hydrogen-bond acceptors (Lipinski definition) is 3. The number of benzene rings is 2. The monoisotopic (exact) mass is 309 g/mol. The molecule has 0 aromatic heterocycles. The van der Waals surface area contributed by atoms with E-state index in [0.717, 1.165) is 0 Å². The summed E-state index contributed by atoms with van der Waals surface area (Å²) in [6, 6.07) is 8.96. The zero-order chi connectivity index (χ0) is 15.4. The topological polar surface area (TPSA) is 58.6 Å². The molecular weight excluding hydrogens is 297 g/mol. The summed E-state index contributed by atoms with van der Waals surface area (Å²) >= 11 is 5.64. The molecule has 6 heteroatoms. The maximum Gasteiger partial charge on any atom is 0.258 e. The molecular formula is C15H13ClFNO3. The summed E-state index contributed by atoms with van der Waals surface area (Å²) in [6.45, 7) is -0.238. The van der Waals surface area contributed by atoms with Crippen LogP contribution < -0.4 is 10.1 Å². The maximum atomic E-state index is 13.8. The van der Waals surface area contributed by atoms with Gasteiger partial charge >= 0.3 is 0 Å². The molecule has 0 saturated carbocycles. The first-order valence-electron chi connectivity index (χ1n) is 6.10. The number of ether oxygens (including phenoxy) is 1. The van der Waals surface area contributed by atoms with E-state index >= 15 is 0 Å². The van der Waals surface area contributed by atoms with Crippen molar-refractivity contribution in [1.29, 1.82) is 0 Å². The van der Waals surface area contributed by atoms with Crippen LogP contribution in [0.1, 0.15) is 15.9 Å². The number of hydrogen-bond donors (Lipinski definition) is 2. The molecule has 0 aliphatic rings. The van der Waals surface area contributed by atoms with Crippen LogP contribution in [0.15, 0.2) is 36.4 Å². The Morgan fingerprint density at radius 3 is 2.81 bits per heavy atom. The Balaban J connectivity index is 2.25. The zero-order valence-electron chi connectivity index (χ0n) is 11.2. The number of aliphatic hydroxyl groups is 1. The minimum Gasteiger partial charge on any atom is -0.496 e. The van der Waals surface area contributed by atoms with E-state index in [1.54, 1.807) is 18.2 Å². The SMILES string of the molecule is COc1ccc(NC(=O)c2cccc(Cl)c2F)cc1CO. The highest BCUT2D eigenvalue weighted by atomic mass is 35.5. The van der Waals surface area contributed by atoms with Crippen LogP contribution in [0.5, 0.6) is 5.75 Å². The van der Waals surface area contributed by atoms with E-state index in [-0.39, 0.29) is 17.2 Å². The van der Waals surface area contributed by atoms with Gasteiger partial charge in [-0.3, -0.25) is 4.79 Å². The Morgan fingerprint density at radius 1 is 1.38 bits per heavy atom. The van der Waals surface area contributed by atoms with Crippen molar-refractivity contribution >= 4 is 23.2 Å². The Labute approximate surface area is 126 Å². The molecule has 0 heterocycles. The van der Waals surface area contributed by atoms with E-state index in [2.05, 4.69) is 5.32 Å². The fourth-order valence-corrected chi connectivity index (χ4v) is 2.03. The van der Waals surface area contributed by atoms with Gasteiger partial charge in [-0.1, -0.05) is 17.7 Å². The van der Waals surface area contributed by atoms with Crippen molar-refractivity contribution in [3.05, 3.63) is 58.4 Å². The fraction of sp³-hybridized carbons (Fsp3) is 0.133. The molecule has 21 heavy (non-hydrogen) atoms. The lowest BCUT2D eigenvalue weighted by Gasteiger charge is -2.10. The molecule has 0 spiro atoms. The smallest absolute Gasteiger partial charge is 0.258 e. The number of methoxy groups -OCH3 is 1. The summed E-state index contributed by atoms with van der Waals surface area (Å²) in [5.74, 6) is -0.888. The molecule has 2 rings (SSSR count). The van der Waals surface area contributed by atoms with Crippen LogP contribution in [0.2, 0.25) is 5.02 Å². The van der Waals surface area contributed by atoms with Crippen molar-refractivity contribution in [2.24, 2.45) is 0 Å². The van der Waals surface area contributed by atoms with E-state index in [4.69, 9.17) is 16.3 Å². The van der Waals surface area contributed by atoms with Gasteiger partial charge < -0.3 is 15.2 Å². The molecule has 1 amide bonds. The predicted octanol–water partition coefficient (Wildman–Crippen LogP) is 3.23. The van der Waals surface area contributed by atoms with Crippen LogP contribution in [0.3, 0.4) is 0 Å². The minimum atomic E-state index is -0.771. The molecule has 2 N–H and O–H groups in total. The highest BCUT2D eigenvalue weighted by Crippen LogP contribution is 2.24. The number of amides is 1. The van der Waals surface area contributed by atoms with Gasteiger partial charge in [0.1, 0.15) is 5.75 Å². The molecule has 0 bridgehead atoms. The number of rotatable bonds is 4. The quantitative estimate of drug-likeness (QED) is 0.911. The molecule has 0 aliphatic heterocycles. The van der Waals surface area contributed by atoms with E-state index in [1.807, 2.05) is 0 Å². The van der Waals surface area contributed by atoms with Gasteiger partial charge in [-0.2, -0.15) is 0 Å². The Bertz CT molecular complexity index is 676. The number of nitrogens with one attached hydrogen (secondary N) is 1. The molecule has 0 unspecified atom stereocenters. The third-order valence-electron chi connectivity index (χ3n) is 2.90. The minimum absolute atomic E-state index is 0.117. The summed E-state index contributed by atoms with van der Waals surface area (Å²) in [5.41, 5.74) is 0.787. The summed E-state index contributed by atoms with van der Waals surface area (Å²) in [4.78, 5) is 12.0. The molecule has 110 valence electrons. The lowest BCUT2D eigenvalue weighted by atomic mass is 10.1. The second-order valence-electron chi connectivity index (χ2n) is 4.24. The van der Waals surface area contributed by atoms with Crippen LogP contribution in [-0.4, -0.2) is 18.1 Å². The van der Waals surface area contributed by atoms with Crippen LogP contribution >= 0.6 is 11.6 Å². The summed E-state index contributed by atoms with van der Waals surface area (Å²) in [7, 11) is 1.48. The molecule has 2 aromatic rings. The summed E-state index contributed by atoms with van der Waals surface area (Å²) in [5, 5.41) is 11.7. The number of carbonyl (C=O) groups is 1. The van der Waals surface area contributed by atoms with Gasteiger partial charge in [0.05, 0.1) is 24.3 Å². The normalized spacial score (nSPS) is 10.3. The number of aliphatic hydroxyl groups excluding tert-OH is 1. The first kappa shape index (κ1) is 15.3. The highest BCUT2D eigenvalue weighted by molar-refractivity contribution is 6.31. The summed E-state index contributed by atoms with van der Waals surface area (Å²) < 4.78 is 18.8. The van der Waals surface area contributed by atoms with Gasteiger partial charge in [0.15, 0.2) is 5.82 Å². The Hall–Kier alpha value is -2.11. The van der Waals surface area contributed by atoms with Gasteiger partial charge in [-0.15, -0.1) is 0 Å². The van der Waals surface area contributed by atoms with Crippen molar-refractivity contribution in [1.82, 2.24) is 0 Å². The van der Waals surface area contributed by atoms with Gasteiger partial charge in [0.25, 0.3) is 5.91 Å². The average Bonchev–Trinajstić information content (AvgIpc) is 2.49. The van der Waals surface area contributed by atoms with Crippen molar-refractivity contribution in [2.45, 2.75) is 6.61 Å². The highest BCUT2D eigenvalue weighted by Gasteiger charge is 2.14. The summed E-state index contributed by atoms with van der Waals surface area (Å²) in [6.07, 6.45) is 0. The molecule has 0 aliphatic carbocycles. The first-order valence-corrected chi connectivity index (χ1v) is 6.47. The Morgan fingerprint density at radius 2 is 2.14 bits per heavy atom. The first-order chi connectivity index (χ1) is 10.1. The van der Waals surface area contributed by atoms with Gasteiger partial charge in [-0.05, 0) is 30.3 Å². The molecule has 0 saturated heterocycles. The van der Waals surface area contributed by atoms with E-state index in [0.29, 0.717) is 17.0 Å². The second kappa shape index (κ2) is 6.56. The fourth-order valence-electron chi connectivity index (χ4n) is 1.86. The molecule has 0 atom stereocenters. The maximum absolute atomic E-state index is 13.8. The van der Waals surface area contributed by atoms with Crippen LogP contribution in [-0.2, 0) is 6.61 Å². The van der Waals surface area contributed by atoms with Gasteiger partial charge in [-0.25, -0.2) is 4.39 Å². The van der Waals surface area contributed by atoms with Crippen molar-refractivity contribution < 1.29 is 19.0 Å². The molecule has 2 aromatic carbocycles. The van der Waals surface area contributed by atoms with Gasteiger partial charge in [0.2, 0.25) is 0 Å². The molecule has 0 radical (unpaired) electrons. The lowest BCUT2D eigenvalue weighted by Crippen LogP contribution is -2.14. The van der Waals surface area contributed by atoms with Crippen LogP contribution in [0, 0.1) is 5.82 Å². The average molecular weight is 310 g/mol. The molecule has 4 nitrogen and oxygen atoms in total. The molecule has 0 fully saturated rings. The van der Waals surface area contributed by atoms with Crippen molar-refractivity contribution in [2.75, 3.05) is 12.4 Å². The largest absolute Gasteiger partial charge is 0.496 e. The van der Waals surface area contributed by atoms with E-state index in [1.165, 1.54) is 25.3 Å². The predicted molar refractivity (Wildman–Crippen MR) is 78.3 cm³/mol. The Kier molecular flexibility index (Phi) is 4.77. The van der Waals surface area contributed by atoms with Crippen molar-refractivity contribution in [3.63, 3.8) is 0 Å². The van der Waals surface area contributed by atoms with Crippen molar-refractivity contribution in [3.8, 4) is 5.75 Å². The third-order valence-corrected chi connectivity index (χ3v) is 3.20. The number of carbonyl (C=O) groups excluding carboxylic acids is 1. The standard InChI is InChI=1S/C15H13ClFNO3/c1-21-13-6-5-10(7-9(13)8-19)18-15(20)11-3-2-4-12(16)14(11)17/h2-7,19H,8H2,1H3,(H,18,20). The van der Waals surface area contributed by atoms with E-state index in [9.17, 15) is 14.3 Å².